The number of rotatable bonds is 11. The minimum absolute atomic E-state index is 0.597. The van der Waals surface area contributed by atoms with Crippen molar-refractivity contribution in [2.45, 2.75) is 40.0 Å². The van der Waals surface area contributed by atoms with Crippen LogP contribution in [0.25, 0.3) is 156 Å². The number of aromatic nitrogens is 10. The highest BCUT2D eigenvalue weighted by Crippen LogP contribution is 2.48. The standard InChI is InChI=1S/C33H23N3O.C33H24N2O.C30H21N5O/c1-2-32-34-26-10-7-13-30-33(26)36(32)29-19-16-22(20-31(29)37-30)21-14-17-23(18-15-21)35-27-11-5-3-8-24(27)25-9-4-6-12-28(25)35;1-2-32-34-28-14-9-15-30-33(28)35(32)29-17-16-24(21-31(29)36-30)27-19-25(22-10-5-3-6-11-22)18-26(20-27)23-12-7-4-8-13-23;1-2-26-31-22-14-9-15-24-27(22)35(26)23-17-16-21(18-25(23)36-24)30-33-28(19-10-5-3-6-11-19)32-29(34-30)20-12-7-4-8-13-20/h3-20H,2H2,1H3;3-21H,2H2,1H3;3-18H,2H2,1H3. The maximum Gasteiger partial charge on any atom is 0.164 e. The molecule has 0 N–H and O–H groups in total. The lowest BCUT2D eigenvalue weighted by molar-refractivity contribution is 0.474. The summed E-state index contributed by atoms with van der Waals surface area (Å²) in [4.78, 5) is 29.0. The molecule has 13 heteroatoms. The molecule has 22 rings (SSSR count). The number of aryl methyl sites for hydroxylation is 3. The van der Waals surface area contributed by atoms with E-state index < -0.39 is 0 Å². The Morgan fingerprint density at radius 1 is 0.229 bits per heavy atom. The van der Waals surface area contributed by atoms with Crippen LogP contribution >= 0.6 is 0 Å². The lowest BCUT2D eigenvalue weighted by Crippen LogP contribution is -2.07. The molecule has 0 spiro atoms. The molecular formula is C96H68N10O3. The lowest BCUT2D eigenvalue weighted by atomic mass is 9.93. The second kappa shape index (κ2) is 26.7. The number of ether oxygens (including phenoxy) is 3. The summed E-state index contributed by atoms with van der Waals surface area (Å²) in [6, 6.07) is 111. The zero-order chi connectivity index (χ0) is 72.6. The first-order valence-electron chi connectivity index (χ1n) is 37.1. The van der Waals surface area contributed by atoms with Gasteiger partial charge < -0.3 is 18.8 Å². The van der Waals surface area contributed by atoms with Gasteiger partial charge >= 0.3 is 0 Å². The Bertz CT molecular complexity index is 6330. The summed E-state index contributed by atoms with van der Waals surface area (Å²) in [6.07, 6.45) is 2.54. The molecule has 3 aliphatic heterocycles. The molecular weight excluding hydrogens is 1340 g/mol. The van der Waals surface area contributed by atoms with Gasteiger partial charge in [-0.1, -0.05) is 221 Å². The van der Waals surface area contributed by atoms with Gasteiger partial charge in [-0.05, 0) is 166 Å². The van der Waals surface area contributed by atoms with Crippen molar-refractivity contribution in [3.05, 3.63) is 339 Å². The largest absolute Gasteiger partial charge is 0.453 e. The van der Waals surface area contributed by atoms with Gasteiger partial charge in [-0.15, -0.1) is 0 Å². The Labute approximate surface area is 628 Å². The molecule has 0 amide bonds. The predicted molar refractivity (Wildman–Crippen MR) is 437 cm³/mol. The molecule has 0 atom stereocenters. The minimum Gasteiger partial charge on any atom is -0.453 e. The maximum absolute atomic E-state index is 6.44. The second-order valence-electron chi connectivity index (χ2n) is 27.4. The summed E-state index contributed by atoms with van der Waals surface area (Å²) >= 11 is 0. The first-order chi connectivity index (χ1) is 53.9. The molecule has 8 heterocycles. The van der Waals surface area contributed by atoms with Gasteiger partial charge in [0.2, 0.25) is 0 Å². The molecule has 0 fully saturated rings. The van der Waals surface area contributed by atoms with Crippen LogP contribution in [0.1, 0.15) is 38.2 Å². The summed E-state index contributed by atoms with van der Waals surface area (Å²) in [5, 5.41) is 2.55. The second-order valence-corrected chi connectivity index (χ2v) is 27.4. The Kier molecular flexibility index (Phi) is 15.7. The summed E-state index contributed by atoms with van der Waals surface area (Å²) in [7, 11) is 0. The molecule has 19 aromatic rings. The van der Waals surface area contributed by atoms with Crippen LogP contribution in [0.15, 0.2) is 322 Å². The summed E-state index contributed by atoms with van der Waals surface area (Å²) in [5.74, 6) is 9.94. The van der Waals surface area contributed by atoms with Crippen molar-refractivity contribution in [1.29, 1.82) is 0 Å². The normalized spacial score (nSPS) is 12.0. The van der Waals surface area contributed by atoms with E-state index in [9.17, 15) is 0 Å². The van der Waals surface area contributed by atoms with Crippen LogP contribution in [0.3, 0.4) is 0 Å². The lowest BCUT2D eigenvalue weighted by Gasteiger charge is -2.22. The van der Waals surface area contributed by atoms with Crippen LogP contribution < -0.4 is 14.2 Å². The molecule has 109 heavy (non-hydrogen) atoms. The quantitative estimate of drug-likeness (QED) is 0.124. The van der Waals surface area contributed by atoms with E-state index in [0.29, 0.717) is 17.5 Å². The highest BCUT2D eigenvalue weighted by atomic mass is 16.5. The fourth-order valence-corrected chi connectivity index (χ4v) is 15.7. The smallest absolute Gasteiger partial charge is 0.164 e. The first kappa shape index (κ1) is 64.3. The average Bonchev–Trinajstić information content (AvgIpc) is 1.66. The zero-order valence-electron chi connectivity index (χ0n) is 59.9. The molecule has 0 saturated carbocycles. The number of nitrogens with zero attached hydrogens (tertiary/aromatic N) is 10. The van der Waals surface area contributed by atoms with Gasteiger partial charge in [-0.2, -0.15) is 0 Å². The highest BCUT2D eigenvalue weighted by Gasteiger charge is 2.29. The van der Waals surface area contributed by atoms with Gasteiger partial charge in [0.25, 0.3) is 0 Å². The van der Waals surface area contributed by atoms with E-state index in [4.69, 9.17) is 44.1 Å². The summed E-state index contributed by atoms with van der Waals surface area (Å²) in [6.45, 7) is 6.41. The van der Waals surface area contributed by atoms with Crippen LogP contribution in [0.4, 0.5) is 0 Å². The van der Waals surface area contributed by atoms with Crippen LogP contribution in [0.5, 0.6) is 34.5 Å². The van der Waals surface area contributed by atoms with E-state index in [0.717, 1.165) is 166 Å². The average molecular weight is 1410 g/mol. The number of para-hydroxylation sites is 5. The van der Waals surface area contributed by atoms with Crippen molar-refractivity contribution in [2.24, 2.45) is 0 Å². The third-order valence-electron chi connectivity index (χ3n) is 20.8. The van der Waals surface area contributed by atoms with E-state index in [1.807, 2.05) is 115 Å². The molecule has 520 valence electrons. The fraction of sp³-hybridized carbons (Fsp3) is 0.0625. The Balaban J connectivity index is 0.000000107. The van der Waals surface area contributed by atoms with Gasteiger partial charge in [0, 0.05) is 52.4 Å². The summed E-state index contributed by atoms with van der Waals surface area (Å²) < 4.78 is 28.2. The van der Waals surface area contributed by atoms with Crippen LogP contribution in [0, 0.1) is 0 Å². The van der Waals surface area contributed by atoms with Crippen molar-refractivity contribution < 1.29 is 14.2 Å². The van der Waals surface area contributed by atoms with Gasteiger partial charge in [0.15, 0.2) is 52.0 Å². The van der Waals surface area contributed by atoms with E-state index >= 15 is 0 Å². The highest BCUT2D eigenvalue weighted by molar-refractivity contribution is 6.09. The fourth-order valence-electron chi connectivity index (χ4n) is 15.7. The molecule has 3 aliphatic rings. The monoisotopic (exact) mass is 1410 g/mol. The number of hydrogen-bond acceptors (Lipinski definition) is 9. The third kappa shape index (κ3) is 11.2. The molecule has 0 aliphatic carbocycles. The molecule has 14 aromatic carbocycles. The molecule has 5 aromatic heterocycles. The van der Waals surface area contributed by atoms with Gasteiger partial charge in [-0.3, -0.25) is 13.7 Å². The van der Waals surface area contributed by atoms with Crippen LogP contribution in [-0.2, 0) is 19.3 Å². The Hall–Kier alpha value is -14.3. The van der Waals surface area contributed by atoms with Crippen molar-refractivity contribution in [2.75, 3.05) is 0 Å². The van der Waals surface area contributed by atoms with E-state index in [-0.39, 0.29) is 0 Å². The zero-order valence-corrected chi connectivity index (χ0v) is 59.9. The van der Waals surface area contributed by atoms with Crippen LogP contribution in [0.2, 0.25) is 0 Å². The van der Waals surface area contributed by atoms with Gasteiger partial charge in [-0.25, -0.2) is 29.9 Å². The first-order valence-corrected chi connectivity index (χ1v) is 37.1. The van der Waals surface area contributed by atoms with Crippen LogP contribution in [-0.4, -0.2) is 48.2 Å². The Morgan fingerprint density at radius 2 is 0.541 bits per heavy atom. The molecule has 0 saturated heterocycles. The van der Waals surface area contributed by atoms with E-state index in [1.54, 1.807) is 0 Å². The van der Waals surface area contributed by atoms with Crippen molar-refractivity contribution in [3.8, 4) is 136 Å². The van der Waals surface area contributed by atoms with E-state index in [1.165, 1.54) is 44.1 Å². The Morgan fingerprint density at radius 3 is 0.936 bits per heavy atom. The molecule has 0 bridgehead atoms. The number of imidazole rings is 3. The molecule has 0 radical (unpaired) electrons. The van der Waals surface area contributed by atoms with Gasteiger partial charge in [0.05, 0.1) is 44.6 Å². The molecule has 13 nitrogen and oxygen atoms in total. The maximum atomic E-state index is 6.44. The number of benzene rings is 14. The van der Waals surface area contributed by atoms with Crippen molar-refractivity contribution in [3.63, 3.8) is 0 Å². The number of fused-ring (bicyclic) bond motifs is 9. The van der Waals surface area contributed by atoms with Gasteiger partial charge in [0.1, 0.15) is 34.0 Å². The van der Waals surface area contributed by atoms with Crippen molar-refractivity contribution in [1.82, 2.24) is 48.2 Å². The van der Waals surface area contributed by atoms with E-state index in [2.05, 4.69) is 245 Å². The third-order valence-corrected chi connectivity index (χ3v) is 20.8. The molecule has 0 unspecified atom stereocenters. The SMILES string of the molecule is CCc1nc2cccc3c2n1-c1ccc(-c2cc(-c4ccccc4)cc(-c4ccccc4)c2)cc1O3.CCc1nc2cccc3c2n1-c1ccc(-c2ccc(-n4c5ccccc5c5ccccc54)cc2)cc1O3.CCc1nc2cccc3c2n1-c1ccc(-c2nc(-c4ccccc4)nc(-c4ccccc4)n2)cc1O3. The topological polar surface area (TPSA) is 125 Å². The van der Waals surface area contributed by atoms with Crippen molar-refractivity contribution >= 4 is 54.9 Å². The minimum atomic E-state index is 0.597. The summed E-state index contributed by atoms with van der Waals surface area (Å²) in [5.41, 5.74) is 24.7. The predicted octanol–water partition coefficient (Wildman–Crippen LogP) is 24.0. The number of hydrogen-bond donors (Lipinski definition) is 0.